The molecular weight excluding hydrogens is 308 g/mol. The average Bonchev–Trinajstić information content (AvgIpc) is 3.06. The standard InChI is InChI=1S/C18H24N2O2S/c1-20(2)16(17-10-7-13-23-17)14-19-18(21)11-6-12-22-15-8-4-3-5-9-15/h3-5,7-10,13,16H,6,11-12,14H2,1-2H3,(H,19,21). The molecule has 4 nitrogen and oxygen atoms in total. The van der Waals surface area contributed by atoms with Crippen molar-refractivity contribution >= 4 is 17.2 Å². The fourth-order valence-corrected chi connectivity index (χ4v) is 3.18. The fourth-order valence-electron chi connectivity index (χ4n) is 2.26. The molecular formula is C18H24N2O2S. The van der Waals surface area contributed by atoms with Crippen LogP contribution >= 0.6 is 11.3 Å². The van der Waals surface area contributed by atoms with Gasteiger partial charge in [-0.05, 0) is 44.1 Å². The minimum atomic E-state index is 0.0741. The molecule has 1 atom stereocenters. The first-order chi connectivity index (χ1) is 11.2. The molecule has 0 aliphatic carbocycles. The van der Waals surface area contributed by atoms with Gasteiger partial charge in [-0.3, -0.25) is 4.79 Å². The maximum absolute atomic E-state index is 12.0. The Labute approximate surface area is 142 Å². The highest BCUT2D eigenvalue weighted by molar-refractivity contribution is 7.10. The molecule has 124 valence electrons. The fraction of sp³-hybridized carbons (Fsp3) is 0.389. The summed E-state index contributed by atoms with van der Waals surface area (Å²) in [6, 6.07) is 14.0. The van der Waals surface area contributed by atoms with Gasteiger partial charge in [0.05, 0.1) is 12.6 Å². The van der Waals surface area contributed by atoms with Crippen molar-refractivity contribution in [2.24, 2.45) is 0 Å². The van der Waals surface area contributed by atoms with Crippen LogP contribution in [0.2, 0.25) is 0 Å². The van der Waals surface area contributed by atoms with Crippen molar-refractivity contribution in [1.82, 2.24) is 10.2 Å². The second-order valence-corrected chi connectivity index (χ2v) is 6.54. The molecule has 2 rings (SSSR count). The van der Waals surface area contributed by atoms with E-state index in [1.165, 1.54) is 4.88 Å². The van der Waals surface area contributed by atoms with Crippen molar-refractivity contribution in [3.05, 3.63) is 52.7 Å². The minimum Gasteiger partial charge on any atom is -0.494 e. The van der Waals surface area contributed by atoms with Crippen molar-refractivity contribution in [2.75, 3.05) is 27.2 Å². The van der Waals surface area contributed by atoms with Crippen LogP contribution in [0.1, 0.15) is 23.8 Å². The summed E-state index contributed by atoms with van der Waals surface area (Å²) in [5.74, 6) is 0.920. The highest BCUT2D eigenvalue weighted by atomic mass is 32.1. The monoisotopic (exact) mass is 332 g/mol. The molecule has 1 aromatic carbocycles. The van der Waals surface area contributed by atoms with Gasteiger partial charge < -0.3 is 15.0 Å². The summed E-state index contributed by atoms with van der Waals surface area (Å²) >= 11 is 1.72. The Bertz CT molecular complexity index is 570. The minimum absolute atomic E-state index is 0.0741. The smallest absolute Gasteiger partial charge is 0.220 e. The number of thiophene rings is 1. The van der Waals surface area contributed by atoms with Crippen LogP contribution < -0.4 is 10.1 Å². The molecule has 5 heteroatoms. The van der Waals surface area contributed by atoms with E-state index in [0.717, 1.165) is 5.75 Å². The van der Waals surface area contributed by atoms with E-state index in [9.17, 15) is 4.79 Å². The molecule has 0 bridgehead atoms. The summed E-state index contributed by atoms with van der Waals surface area (Å²) in [6.07, 6.45) is 1.20. The van der Waals surface area contributed by atoms with Gasteiger partial charge in [-0.2, -0.15) is 0 Å². The molecule has 2 aromatic rings. The number of hydrogen-bond donors (Lipinski definition) is 1. The van der Waals surface area contributed by atoms with Crippen LogP contribution in [0.15, 0.2) is 47.8 Å². The number of para-hydroxylation sites is 1. The number of rotatable bonds is 9. The largest absolute Gasteiger partial charge is 0.494 e. The molecule has 1 heterocycles. The van der Waals surface area contributed by atoms with Crippen molar-refractivity contribution in [3.8, 4) is 5.75 Å². The van der Waals surface area contributed by atoms with Gasteiger partial charge in [0, 0.05) is 17.8 Å². The molecule has 0 aliphatic rings. The molecule has 1 unspecified atom stereocenters. The maximum Gasteiger partial charge on any atom is 0.220 e. The molecule has 0 spiro atoms. The molecule has 0 saturated carbocycles. The van der Waals surface area contributed by atoms with E-state index in [-0.39, 0.29) is 11.9 Å². The highest BCUT2D eigenvalue weighted by Crippen LogP contribution is 2.22. The van der Waals surface area contributed by atoms with Crippen molar-refractivity contribution in [3.63, 3.8) is 0 Å². The Kier molecular flexibility index (Phi) is 7.10. The Morgan fingerprint density at radius 1 is 1.22 bits per heavy atom. The second kappa shape index (κ2) is 9.33. The van der Waals surface area contributed by atoms with Gasteiger partial charge >= 0.3 is 0 Å². The molecule has 1 aromatic heterocycles. The summed E-state index contributed by atoms with van der Waals surface area (Å²) in [4.78, 5) is 15.4. The Morgan fingerprint density at radius 2 is 2.00 bits per heavy atom. The number of nitrogens with one attached hydrogen (secondary N) is 1. The highest BCUT2D eigenvalue weighted by Gasteiger charge is 2.15. The predicted octanol–water partition coefficient (Wildman–Crippen LogP) is 3.33. The number of ether oxygens (including phenoxy) is 1. The van der Waals surface area contributed by atoms with E-state index in [1.807, 2.05) is 50.5 Å². The molecule has 1 N–H and O–H groups in total. The van der Waals surface area contributed by atoms with Gasteiger partial charge in [0.1, 0.15) is 5.75 Å². The first-order valence-corrected chi connectivity index (χ1v) is 8.69. The lowest BCUT2D eigenvalue weighted by Crippen LogP contribution is -2.34. The van der Waals surface area contributed by atoms with Gasteiger partial charge in [0.2, 0.25) is 5.91 Å². The van der Waals surface area contributed by atoms with E-state index < -0.39 is 0 Å². The zero-order valence-corrected chi connectivity index (χ0v) is 14.5. The van der Waals surface area contributed by atoms with Crippen molar-refractivity contribution < 1.29 is 9.53 Å². The number of likely N-dealkylation sites (N-methyl/N-ethyl adjacent to an activating group) is 1. The third-order valence-electron chi connectivity index (χ3n) is 3.55. The van der Waals surface area contributed by atoms with E-state index in [0.29, 0.717) is 26.0 Å². The summed E-state index contributed by atoms with van der Waals surface area (Å²) < 4.78 is 5.59. The summed E-state index contributed by atoms with van der Waals surface area (Å²) in [5.41, 5.74) is 0. The van der Waals surface area contributed by atoms with E-state index in [4.69, 9.17) is 4.74 Å². The zero-order chi connectivity index (χ0) is 16.5. The topological polar surface area (TPSA) is 41.6 Å². The second-order valence-electron chi connectivity index (χ2n) is 5.56. The number of amides is 1. The summed E-state index contributed by atoms with van der Waals surface area (Å²) in [6.45, 7) is 1.19. The predicted molar refractivity (Wildman–Crippen MR) is 94.9 cm³/mol. The third-order valence-corrected chi connectivity index (χ3v) is 4.52. The molecule has 1 amide bonds. The third kappa shape index (κ3) is 6.04. The van der Waals surface area contributed by atoms with Crippen molar-refractivity contribution in [2.45, 2.75) is 18.9 Å². The molecule has 0 aliphatic heterocycles. The van der Waals surface area contributed by atoms with Gasteiger partial charge in [0.15, 0.2) is 0 Å². The Balaban J connectivity index is 1.66. The lowest BCUT2D eigenvalue weighted by atomic mass is 10.2. The zero-order valence-electron chi connectivity index (χ0n) is 13.7. The Hall–Kier alpha value is -1.85. The van der Waals surface area contributed by atoms with Crippen LogP contribution in [0.3, 0.4) is 0 Å². The van der Waals surface area contributed by atoms with Gasteiger partial charge in [-0.15, -0.1) is 11.3 Å². The average molecular weight is 332 g/mol. The van der Waals surface area contributed by atoms with Gasteiger partial charge in [0.25, 0.3) is 0 Å². The Morgan fingerprint density at radius 3 is 2.65 bits per heavy atom. The number of benzene rings is 1. The molecule has 0 fully saturated rings. The van der Waals surface area contributed by atoms with E-state index in [2.05, 4.69) is 21.7 Å². The van der Waals surface area contributed by atoms with E-state index in [1.54, 1.807) is 11.3 Å². The number of hydrogen-bond acceptors (Lipinski definition) is 4. The first kappa shape index (κ1) is 17.5. The van der Waals surface area contributed by atoms with Crippen LogP contribution in [0.25, 0.3) is 0 Å². The lowest BCUT2D eigenvalue weighted by molar-refractivity contribution is -0.121. The van der Waals surface area contributed by atoms with E-state index >= 15 is 0 Å². The van der Waals surface area contributed by atoms with Crippen LogP contribution in [0, 0.1) is 0 Å². The van der Waals surface area contributed by atoms with Gasteiger partial charge in [-0.1, -0.05) is 24.3 Å². The maximum atomic E-state index is 12.0. The molecule has 0 radical (unpaired) electrons. The number of nitrogens with zero attached hydrogens (tertiary/aromatic N) is 1. The van der Waals surface area contributed by atoms with Crippen LogP contribution in [-0.2, 0) is 4.79 Å². The van der Waals surface area contributed by atoms with Gasteiger partial charge in [-0.25, -0.2) is 0 Å². The van der Waals surface area contributed by atoms with Crippen LogP contribution in [0.5, 0.6) is 5.75 Å². The quantitative estimate of drug-likeness (QED) is 0.716. The lowest BCUT2D eigenvalue weighted by Gasteiger charge is -2.23. The first-order valence-electron chi connectivity index (χ1n) is 7.81. The van der Waals surface area contributed by atoms with Crippen molar-refractivity contribution in [1.29, 1.82) is 0 Å². The van der Waals surface area contributed by atoms with Crippen LogP contribution in [-0.4, -0.2) is 38.1 Å². The molecule has 0 saturated heterocycles. The summed E-state index contributed by atoms with van der Waals surface area (Å²) in [5, 5.41) is 5.09. The SMILES string of the molecule is CN(C)C(CNC(=O)CCCOc1ccccc1)c1cccs1. The molecule has 23 heavy (non-hydrogen) atoms. The number of carbonyl (C=O) groups excluding carboxylic acids is 1. The number of carbonyl (C=O) groups is 1. The normalized spacial score (nSPS) is 12.1. The van der Waals surface area contributed by atoms with Crippen LogP contribution in [0.4, 0.5) is 0 Å². The summed E-state index contributed by atoms with van der Waals surface area (Å²) in [7, 11) is 4.06.